The van der Waals surface area contributed by atoms with Crippen LogP contribution in [-0.4, -0.2) is 29.9 Å². The van der Waals surface area contributed by atoms with Gasteiger partial charge in [0.2, 0.25) is 0 Å². The average Bonchev–Trinajstić information content (AvgIpc) is 0.758. The molecule has 0 atom stereocenters. The molecule has 0 spiro atoms. The number of nitrogens with zero attached hydrogens (tertiary/aromatic N) is 6. The summed E-state index contributed by atoms with van der Waals surface area (Å²) >= 11 is 0. The zero-order valence-electron chi connectivity index (χ0n) is 60.9. The zero-order chi connectivity index (χ0) is 74.3. The third-order valence-electron chi connectivity index (χ3n) is 21.7. The molecule has 4 heterocycles. The van der Waals surface area contributed by atoms with Crippen molar-refractivity contribution < 1.29 is 0 Å². The molecule has 6 nitrogen and oxygen atoms in total. The monoisotopic (exact) mass is 1420 g/mol. The molecule has 0 saturated heterocycles. The third kappa shape index (κ3) is 12.6. The molecule has 522 valence electrons. The molecule has 112 heavy (non-hydrogen) atoms. The molecule has 0 fully saturated rings. The lowest BCUT2D eigenvalue weighted by molar-refractivity contribution is 1.19. The second kappa shape index (κ2) is 29.0. The molecule has 0 saturated carbocycles. The lowest BCUT2D eigenvalue weighted by Gasteiger charge is -2.19. The van der Waals surface area contributed by atoms with E-state index in [1.165, 1.54) is 87.2 Å². The predicted molar refractivity (Wildman–Crippen MR) is 467 cm³/mol. The van der Waals surface area contributed by atoms with Crippen LogP contribution < -0.4 is 0 Å². The highest BCUT2D eigenvalue weighted by atomic mass is 14.9. The average molecular weight is 1430 g/mol. The van der Waals surface area contributed by atoms with E-state index in [0.29, 0.717) is 11.6 Å². The maximum Gasteiger partial charge on any atom is 0.161 e. The molecule has 4 aromatic heterocycles. The van der Waals surface area contributed by atoms with Gasteiger partial charge in [-0.3, -0.25) is 9.97 Å². The summed E-state index contributed by atoms with van der Waals surface area (Å²) in [6, 6.07) is 138. The fourth-order valence-corrected chi connectivity index (χ4v) is 16.3. The SMILES string of the molecule is c1ccc(-c2c3ccccc3c(-c3nc(-c4cccc(-c5cccnc5)c4)cc(-c4cccc(-c5ccc6ccccc6c5)c4)n3)c3ccccc23)cc1.c1cncc(-c2cccc(-c3cc(-c4cccc(-c5ccc6ccccc6c5)c4)nc(-c4c5ccccc5c(-c5cccc6ccccc56)c5ccccc45)n3)c2)c1. The first-order valence-electron chi connectivity index (χ1n) is 37.9. The van der Waals surface area contributed by atoms with Crippen LogP contribution >= 0.6 is 0 Å². The van der Waals surface area contributed by atoms with Gasteiger partial charge in [-0.2, -0.15) is 0 Å². The highest BCUT2D eigenvalue weighted by Crippen LogP contribution is 2.48. The van der Waals surface area contributed by atoms with Crippen LogP contribution in [0.15, 0.2) is 413 Å². The molecule has 17 aromatic carbocycles. The van der Waals surface area contributed by atoms with Gasteiger partial charge in [0.05, 0.1) is 22.8 Å². The molecule has 0 bridgehead atoms. The summed E-state index contributed by atoms with van der Waals surface area (Å²) in [5.74, 6) is 1.38. The highest BCUT2D eigenvalue weighted by Gasteiger charge is 2.24. The predicted octanol–water partition coefficient (Wildman–Crippen LogP) is 27.8. The van der Waals surface area contributed by atoms with Crippen LogP contribution in [0.4, 0.5) is 0 Å². The molecule has 0 unspecified atom stereocenters. The molecule has 0 aliphatic heterocycles. The van der Waals surface area contributed by atoms with Crippen LogP contribution in [0.2, 0.25) is 0 Å². The van der Waals surface area contributed by atoms with Gasteiger partial charge in [0, 0.05) is 69.3 Å². The summed E-state index contributed by atoms with van der Waals surface area (Å²) in [7, 11) is 0. The molecule has 0 amide bonds. The fourth-order valence-electron chi connectivity index (χ4n) is 16.3. The van der Waals surface area contributed by atoms with Gasteiger partial charge >= 0.3 is 0 Å². The van der Waals surface area contributed by atoms with Gasteiger partial charge in [-0.1, -0.05) is 328 Å². The van der Waals surface area contributed by atoms with Gasteiger partial charge in [-0.05, 0) is 192 Å². The zero-order valence-corrected chi connectivity index (χ0v) is 60.9. The van der Waals surface area contributed by atoms with Crippen LogP contribution in [0.5, 0.6) is 0 Å². The molecule has 0 radical (unpaired) electrons. The van der Waals surface area contributed by atoms with Crippen molar-refractivity contribution in [2.45, 2.75) is 0 Å². The van der Waals surface area contributed by atoms with E-state index in [1.54, 1.807) is 6.20 Å². The summed E-state index contributed by atoms with van der Waals surface area (Å²) in [4.78, 5) is 30.6. The quantitative estimate of drug-likeness (QED) is 0.113. The Labute approximate surface area is 648 Å². The normalized spacial score (nSPS) is 11.4. The maximum absolute atomic E-state index is 5.50. The Morgan fingerprint density at radius 2 is 0.438 bits per heavy atom. The van der Waals surface area contributed by atoms with Crippen LogP contribution in [0, 0.1) is 0 Å². The molecule has 21 rings (SSSR count). The highest BCUT2D eigenvalue weighted by molar-refractivity contribution is 6.24. The summed E-state index contributed by atoms with van der Waals surface area (Å²) in [6.45, 7) is 0. The minimum absolute atomic E-state index is 0.687. The number of hydrogen-bond donors (Lipinski definition) is 0. The number of hydrogen-bond acceptors (Lipinski definition) is 6. The lowest BCUT2D eigenvalue weighted by atomic mass is 9.86. The van der Waals surface area contributed by atoms with E-state index in [0.717, 1.165) is 111 Å². The van der Waals surface area contributed by atoms with Crippen LogP contribution in [0.25, 0.3) is 210 Å². The van der Waals surface area contributed by atoms with E-state index < -0.39 is 0 Å². The van der Waals surface area contributed by atoms with Gasteiger partial charge in [-0.15, -0.1) is 0 Å². The van der Waals surface area contributed by atoms with Crippen LogP contribution in [0.1, 0.15) is 0 Å². The van der Waals surface area contributed by atoms with Crippen LogP contribution in [-0.2, 0) is 0 Å². The van der Waals surface area contributed by atoms with E-state index in [9.17, 15) is 0 Å². The Hall–Kier alpha value is -15.0. The molecular weight excluding hydrogens is 1360 g/mol. The smallest absolute Gasteiger partial charge is 0.161 e. The number of rotatable bonds is 12. The fraction of sp³-hybridized carbons (Fsp3) is 0. The second-order valence-electron chi connectivity index (χ2n) is 28.4. The van der Waals surface area contributed by atoms with Crippen molar-refractivity contribution in [3.05, 3.63) is 413 Å². The number of fused-ring (bicyclic) bond motifs is 7. The molecule has 6 heteroatoms. The van der Waals surface area contributed by atoms with Gasteiger partial charge < -0.3 is 0 Å². The topological polar surface area (TPSA) is 77.3 Å². The van der Waals surface area contributed by atoms with Gasteiger partial charge in [-0.25, -0.2) is 19.9 Å². The standard InChI is InChI=1S/C55H35N3.C51H33N3/c1-2-15-38-31-41(29-28-36(38)13-1)39-17-9-19-42(32-39)51-34-52(43-20-10-18-40(33-43)44-21-12-30-56-35-44)58-55(57-51)54-49-25-7-5-23-47(49)53(48-24-6-8-26-50(48)54)46-27-11-16-37-14-3-4-22-45(37)46;1-2-14-35(15-3-1)49-43-22-6-8-24-45(43)50(46-25-9-7-23-44(46)49)51-53-47(32-48(54-51)41-20-11-18-38(31-41)42-21-12-28-52-33-42)40-19-10-17-37(30-40)39-27-26-34-13-4-5-16-36(34)29-39/h1-35H;1-33H. The van der Waals surface area contributed by atoms with E-state index in [1.807, 2.05) is 30.7 Å². The van der Waals surface area contributed by atoms with Crippen LogP contribution in [0.3, 0.4) is 0 Å². The Kier molecular flexibility index (Phi) is 17.2. The molecule has 21 aromatic rings. The minimum Gasteiger partial charge on any atom is -0.264 e. The third-order valence-corrected chi connectivity index (χ3v) is 21.7. The van der Waals surface area contributed by atoms with E-state index in [-0.39, 0.29) is 0 Å². The van der Waals surface area contributed by atoms with E-state index >= 15 is 0 Å². The second-order valence-corrected chi connectivity index (χ2v) is 28.4. The minimum atomic E-state index is 0.687. The summed E-state index contributed by atoms with van der Waals surface area (Å²) in [6.07, 6.45) is 7.42. The van der Waals surface area contributed by atoms with Crippen molar-refractivity contribution in [3.8, 4) is 135 Å². The van der Waals surface area contributed by atoms with Gasteiger partial charge in [0.1, 0.15) is 0 Å². The van der Waals surface area contributed by atoms with E-state index in [4.69, 9.17) is 19.9 Å². The Bertz CT molecular complexity index is 7080. The summed E-state index contributed by atoms with van der Waals surface area (Å²) in [5, 5.41) is 16.5. The number of pyridine rings is 2. The number of benzene rings is 17. The first kappa shape index (κ1) is 66.5. The first-order valence-corrected chi connectivity index (χ1v) is 37.9. The van der Waals surface area contributed by atoms with E-state index in [2.05, 4.69) is 386 Å². The molecule has 0 aliphatic carbocycles. The summed E-state index contributed by atoms with van der Waals surface area (Å²) in [5.41, 5.74) is 23.3. The summed E-state index contributed by atoms with van der Waals surface area (Å²) < 4.78 is 0. The Morgan fingerprint density at radius 1 is 0.152 bits per heavy atom. The largest absolute Gasteiger partial charge is 0.264 e. The Balaban J connectivity index is 0.000000146. The molecule has 0 N–H and O–H groups in total. The molecular formula is C106H68N6. The van der Waals surface area contributed by atoms with Crippen molar-refractivity contribution in [2.24, 2.45) is 0 Å². The Morgan fingerprint density at radius 3 is 0.830 bits per heavy atom. The van der Waals surface area contributed by atoms with Gasteiger partial charge in [0.25, 0.3) is 0 Å². The van der Waals surface area contributed by atoms with Crippen molar-refractivity contribution in [1.29, 1.82) is 0 Å². The van der Waals surface area contributed by atoms with Crippen molar-refractivity contribution in [3.63, 3.8) is 0 Å². The first-order chi connectivity index (χ1) is 55.5. The van der Waals surface area contributed by atoms with Gasteiger partial charge in [0.15, 0.2) is 11.6 Å². The maximum atomic E-state index is 5.50. The lowest BCUT2D eigenvalue weighted by Crippen LogP contribution is -1.99. The van der Waals surface area contributed by atoms with Crippen molar-refractivity contribution in [2.75, 3.05) is 0 Å². The number of aromatic nitrogens is 6. The molecule has 0 aliphatic rings. The van der Waals surface area contributed by atoms with Crippen molar-refractivity contribution >= 4 is 75.4 Å². The van der Waals surface area contributed by atoms with Crippen molar-refractivity contribution in [1.82, 2.24) is 29.9 Å².